The van der Waals surface area contributed by atoms with Crippen molar-refractivity contribution in [2.45, 2.75) is 39.7 Å². The average molecular weight is 318 g/mol. The fourth-order valence-electron chi connectivity index (χ4n) is 1.95. The van der Waals surface area contributed by atoms with Gasteiger partial charge in [-0.05, 0) is 49.5 Å². The number of carbonyl (C=O) groups excluding carboxylic acids is 2. The molecule has 3 N–H and O–H groups in total. The normalized spacial score (nSPS) is 12.3. The van der Waals surface area contributed by atoms with Crippen molar-refractivity contribution >= 4 is 17.9 Å². The molecule has 1 aromatic carbocycles. The fraction of sp³-hybridized carbons (Fsp3) is 0.444. The molecule has 0 aromatic heterocycles. The van der Waals surface area contributed by atoms with Crippen LogP contribution < -0.4 is 15.8 Å². The van der Waals surface area contributed by atoms with Crippen molar-refractivity contribution in [3.05, 3.63) is 35.9 Å². The molecule has 0 aliphatic heterocycles. The Kier molecular flexibility index (Phi) is 7.88. The summed E-state index contributed by atoms with van der Waals surface area (Å²) in [6.45, 7) is 6.21. The number of hydrogen-bond donors (Lipinski definition) is 2. The van der Waals surface area contributed by atoms with Crippen molar-refractivity contribution in [2.75, 3.05) is 6.61 Å². The van der Waals surface area contributed by atoms with Crippen molar-refractivity contribution in [3.8, 4) is 5.75 Å². The van der Waals surface area contributed by atoms with Gasteiger partial charge in [0.15, 0.2) is 6.61 Å². The third kappa shape index (κ3) is 8.66. The number of benzene rings is 1. The molecular formula is C18H26N2O3. The zero-order valence-electron chi connectivity index (χ0n) is 14.0. The van der Waals surface area contributed by atoms with Crippen LogP contribution in [0.25, 0.3) is 6.08 Å². The van der Waals surface area contributed by atoms with Gasteiger partial charge in [0.1, 0.15) is 5.75 Å². The molecule has 5 nitrogen and oxygen atoms in total. The lowest BCUT2D eigenvalue weighted by atomic mass is 10.0. The Morgan fingerprint density at radius 3 is 2.39 bits per heavy atom. The van der Waals surface area contributed by atoms with Crippen LogP contribution in [-0.4, -0.2) is 24.5 Å². The molecule has 0 fully saturated rings. The molecule has 1 rings (SSSR count). The predicted molar refractivity (Wildman–Crippen MR) is 91.8 cm³/mol. The number of hydrogen-bond acceptors (Lipinski definition) is 3. The molecule has 0 bridgehead atoms. The van der Waals surface area contributed by atoms with Gasteiger partial charge >= 0.3 is 0 Å². The maximum absolute atomic E-state index is 11.8. The number of ether oxygens (including phenoxy) is 1. The molecule has 1 unspecified atom stereocenters. The van der Waals surface area contributed by atoms with Gasteiger partial charge in [-0.15, -0.1) is 0 Å². The first-order valence-electron chi connectivity index (χ1n) is 7.86. The summed E-state index contributed by atoms with van der Waals surface area (Å²) in [5.74, 6) is 0.584. The van der Waals surface area contributed by atoms with Gasteiger partial charge in [-0.25, -0.2) is 0 Å². The van der Waals surface area contributed by atoms with Crippen LogP contribution in [0.3, 0.4) is 0 Å². The maximum Gasteiger partial charge on any atom is 0.255 e. The number of primary amides is 1. The van der Waals surface area contributed by atoms with Gasteiger partial charge in [-0.3, -0.25) is 9.59 Å². The van der Waals surface area contributed by atoms with Gasteiger partial charge in [-0.1, -0.05) is 26.0 Å². The number of nitrogens with two attached hydrogens (primary N) is 1. The maximum atomic E-state index is 11.8. The number of amides is 2. The molecular weight excluding hydrogens is 292 g/mol. The monoisotopic (exact) mass is 318 g/mol. The predicted octanol–water partition coefficient (Wildman–Crippen LogP) is 2.50. The number of nitrogens with one attached hydrogen (secondary N) is 1. The lowest BCUT2D eigenvalue weighted by Crippen LogP contribution is -2.31. The summed E-state index contributed by atoms with van der Waals surface area (Å²) >= 11 is 0. The van der Waals surface area contributed by atoms with Gasteiger partial charge in [0, 0.05) is 12.1 Å². The lowest BCUT2D eigenvalue weighted by Gasteiger charge is -2.13. The van der Waals surface area contributed by atoms with Gasteiger partial charge < -0.3 is 15.8 Å². The summed E-state index contributed by atoms with van der Waals surface area (Å²) in [5.41, 5.74) is 5.89. The zero-order chi connectivity index (χ0) is 17.2. The van der Waals surface area contributed by atoms with E-state index in [1.165, 1.54) is 6.08 Å². The molecule has 2 amide bonds. The quantitative estimate of drug-likeness (QED) is 0.686. The van der Waals surface area contributed by atoms with E-state index in [9.17, 15) is 9.59 Å². The topological polar surface area (TPSA) is 81.4 Å². The smallest absolute Gasteiger partial charge is 0.255 e. The van der Waals surface area contributed by atoms with E-state index in [1.807, 2.05) is 19.1 Å². The van der Waals surface area contributed by atoms with Gasteiger partial charge in [0.2, 0.25) is 5.91 Å². The SMILES string of the molecule is CC(C)CCC(C)NC(=O)/C=C/c1ccc(OCC(N)=O)cc1. The van der Waals surface area contributed by atoms with Gasteiger partial charge in [-0.2, -0.15) is 0 Å². The second-order valence-corrected chi connectivity index (χ2v) is 6.04. The van der Waals surface area contributed by atoms with Crippen molar-refractivity contribution in [1.29, 1.82) is 0 Å². The van der Waals surface area contributed by atoms with Crippen LogP contribution in [0.5, 0.6) is 5.75 Å². The van der Waals surface area contributed by atoms with Gasteiger partial charge in [0.05, 0.1) is 0 Å². The van der Waals surface area contributed by atoms with Crippen LogP contribution >= 0.6 is 0 Å². The summed E-state index contributed by atoms with van der Waals surface area (Å²) in [7, 11) is 0. The zero-order valence-corrected chi connectivity index (χ0v) is 14.0. The summed E-state index contributed by atoms with van der Waals surface area (Å²) in [5, 5.41) is 2.95. The number of carbonyl (C=O) groups is 2. The Hall–Kier alpha value is -2.30. The molecule has 0 aliphatic carbocycles. The van der Waals surface area contributed by atoms with Crippen LogP contribution in [0.15, 0.2) is 30.3 Å². The molecule has 23 heavy (non-hydrogen) atoms. The molecule has 0 heterocycles. The van der Waals surface area contributed by atoms with E-state index in [0.29, 0.717) is 11.7 Å². The molecule has 5 heteroatoms. The average Bonchev–Trinajstić information content (AvgIpc) is 2.50. The van der Waals surface area contributed by atoms with E-state index in [0.717, 1.165) is 18.4 Å². The third-order valence-electron chi connectivity index (χ3n) is 3.25. The summed E-state index contributed by atoms with van der Waals surface area (Å²) < 4.78 is 5.17. The second-order valence-electron chi connectivity index (χ2n) is 6.04. The minimum Gasteiger partial charge on any atom is -0.484 e. The van der Waals surface area contributed by atoms with E-state index in [1.54, 1.807) is 18.2 Å². The van der Waals surface area contributed by atoms with Gasteiger partial charge in [0.25, 0.3) is 5.91 Å². The van der Waals surface area contributed by atoms with E-state index in [4.69, 9.17) is 10.5 Å². The highest BCUT2D eigenvalue weighted by Gasteiger charge is 2.05. The summed E-state index contributed by atoms with van der Waals surface area (Å²) in [6, 6.07) is 7.24. The highest BCUT2D eigenvalue weighted by Crippen LogP contribution is 2.13. The standard InChI is InChI=1S/C18H26N2O3/c1-13(2)4-5-14(3)20-18(22)11-8-15-6-9-16(10-7-15)23-12-17(19)21/h6-11,13-14H,4-5,12H2,1-3H3,(H2,19,21)(H,20,22)/b11-8+. The van der Waals surface area contributed by atoms with Crippen LogP contribution in [0.2, 0.25) is 0 Å². The first-order valence-corrected chi connectivity index (χ1v) is 7.86. The van der Waals surface area contributed by atoms with E-state index >= 15 is 0 Å². The first kappa shape index (κ1) is 18.7. The highest BCUT2D eigenvalue weighted by molar-refractivity contribution is 5.91. The molecule has 0 spiro atoms. The summed E-state index contributed by atoms with van der Waals surface area (Å²) in [6.07, 6.45) is 5.33. The molecule has 1 atom stereocenters. The lowest BCUT2D eigenvalue weighted by molar-refractivity contribution is -0.120. The molecule has 0 aliphatic rings. The molecule has 0 saturated carbocycles. The Bertz CT molecular complexity index is 536. The molecule has 0 radical (unpaired) electrons. The summed E-state index contributed by atoms with van der Waals surface area (Å²) in [4.78, 5) is 22.5. The van der Waals surface area contributed by atoms with E-state index in [-0.39, 0.29) is 18.6 Å². The highest BCUT2D eigenvalue weighted by atomic mass is 16.5. The Balaban J connectivity index is 2.43. The van der Waals surface area contributed by atoms with Crippen molar-refractivity contribution in [1.82, 2.24) is 5.32 Å². The number of rotatable bonds is 9. The van der Waals surface area contributed by atoms with Crippen molar-refractivity contribution < 1.29 is 14.3 Å². The molecule has 0 saturated heterocycles. The van der Waals surface area contributed by atoms with Crippen molar-refractivity contribution in [2.24, 2.45) is 11.7 Å². The molecule has 1 aromatic rings. The minimum absolute atomic E-state index is 0.102. The third-order valence-corrected chi connectivity index (χ3v) is 3.25. The Labute approximate surface area is 137 Å². The Morgan fingerprint density at radius 2 is 1.83 bits per heavy atom. The first-order chi connectivity index (χ1) is 10.9. The van der Waals surface area contributed by atoms with Crippen molar-refractivity contribution in [3.63, 3.8) is 0 Å². The fourth-order valence-corrected chi connectivity index (χ4v) is 1.95. The largest absolute Gasteiger partial charge is 0.484 e. The van der Waals surface area contributed by atoms with Crippen LogP contribution in [0.1, 0.15) is 39.2 Å². The van der Waals surface area contributed by atoms with Crippen LogP contribution in [-0.2, 0) is 9.59 Å². The van der Waals surface area contributed by atoms with Crippen LogP contribution in [0, 0.1) is 5.92 Å². The second kappa shape index (κ2) is 9.66. The molecule has 126 valence electrons. The minimum atomic E-state index is -0.516. The van der Waals surface area contributed by atoms with E-state index < -0.39 is 5.91 Å². The van der Waals surface area contributed by atoms with Crippen LogP contribution in [0.4, 0.5) is 0 Å². The Morgan fingerprint density at radius 1 is 1.17 bits per heavy atom. The van der Waals surface area contributed by atoms with E-state index in [2.05, 4.69) is 19.2 Å².